The van der Waals surface area contributed by atoms with Gasteiger partial charge in [0.1, 0.15) is 12.1 Å². The maximum atomic E-state index is 14.6. The third kappa shape index (κ3) is 12.7. The number of aliphatic hydroxyl groups is 1. The lowest BCUT2D eigenvalue weighted by Gasteiger charge is -2.38. The Morgan fingerprint density at radius 3 is 2.07 bits per heavy atom. The smallest absolute Gasteiger partial charge is 0.405 e. The maximum Gasteiger partial charge on any atom is 0.405 e. The second-order valence-corrected chi connectivity index (χ2v) is 18.0. The number of hydrogen-bond acceptors (Lipinski definition) is 8. The quantitative estimate of drug-likeness (QED) is 0.0851. The number of nitrogens with one attached hydrogen (secondary N) is 3. The number of hydrogen-bond donors (Lipinski definition) is 5. The number of aromatic nitrogens is 2. The van der Waals surface area contributed by atoms with Crippen LogP contribution in [0.25, 0.3) is 11.3 Å². The first kappa shape index (κ1) is 46.1. The molecule has 326 valence electrons. The average Bonchev–Trinajstić information content (AvgIpc) is 3.54. The summed E-state index contributed by atoms with van der Waals surface area (Å²) in [5.74, 6) is -0.470. The van der Waals surface area contributed by atoms with Crippen molar-refractivity contribution in [2.24, 2.45) is 10.8 Å². The van der Waals surface area contributed by atoms with E-state index in [0.717, 1.165) is 28.1 Å². The van der Waals surface area contributed by atoms with Gasteiger partial charge in [-0.25, -0.2) is 14.6 Å². The molecule has 0 aliphatic carbocycles. The summed E-state index contributed by atoms with van der Waals surface area (Å²) in [5.41, 5.74) is 3.43. The third-order valence-electron chi connectivity index (χ3n) is 10.8. The Labute approximate surface area is 359 Å². The Kier molecular flexibility index (Phi) is 15.1. The number of carbonyl (C=O) groups is 4. The van der Waals surface area contributed by atoms with Crippen molar-refractivity contribution in [1.29, 1.82) is 0 Å². The van der Waals surface area contributed by atoms with Crippen LogP contribution in [0.5, 0.6) is 5.88 Å². The SMILES string of the molecule is COc1cccc(-c2ccc(C[C@H](NC(=O)[C@@H](NC(=O)O)C(C)(C)C)[C@@H](O)C[C@H](Cc3ccccc3)NC(=O)[C@@H](N3CCN(Cc4cccc(C)n4)C3=O)C(C)(C)C)cc2)n1. The lowest BCUT2D eigenvalue weighted by atomic mass is 9.84. The number of nitrogens with zero attached hydrogens (tertiary/aromatic N) is 4. The predicted molar refractivity (Wildman–Crippen MR) is 234 cm³/mol. The molecule has 5 N–H and O–H groups in total. The molecule has 5 amide bonds. The van der Waals surface area contributed by atoms with Crippen molar-refractivity contribution in [3.05, 3.63) is 114 Å². The highest BCUT2D eigenvalue weighted by Crippen LogP contribution is 2.30. The van der Waals surface area contributed by atoms with E-state index in [1.807, 2.05) is 113 Å². The fraction of sp³-hybridized carbons (Fsp3) is 0.447. The van der Waals surface area contributed by atoms with Crippen molar-refractivity contribution in [3.63, 3.8) is 0 Å². The molecule has 1 fully saturated rings. The lowest BCUT2D eigenvalue weighted by Crippen LogP contribution is -2.59. The van der Waals surface area contributed by atoms with Crippen LogP contribution in [-0.2, 0) is 29.0 Å². The first-order valence-corrected chi connectivity index (χ1v) is 20.7. The van der Waals surface area contributed by atoms with Crippen LogP contribution in [0, 0.1) is 17.8 Å². The number of amides is 5. The van der Waals surface area contributed by atoms with Gasteiger partial charge in [-0.15, -0.1) is 0 Å². The highest BCUT2D eigenvalue weighted by Gasteiger charge is 2.44. The van der Waals surface area contributed by atoms with Gasteiger partial charge in [0.2, 0.25) is 17.7 Å². The molecule has 14 heteroatoms. The van der Waals surface area contributed by atoms with Crippen LogP contribution < -0.4 is 20.7 Å². The number of benzene rings is 2. The van der Waals surface area contributed by atoms with E-state index in [9.17, 15) is 29.4 Å². The molecule has 0 spiro atoms. The van der Waals surface area contributed by atoms with Gasteiger partial charge in [0.15, 0.2) is 0 Å². The number of carboxylic acid groups (broad SMARTS) is 1. The van der Waals surface area contributed by atoms with Crippen LogP contribution in [0.15, 0.2) is 91.0 Å². The minimum Gasteiger partial charge on any atom is -0.481 e. The number of ether oxygens (including phenoxy) is 1. The van der Waals surface area contributed by atoms with Crippen LogP contribution >= 0.6 is 0 Å². The number of aliphatic hydroxyl groups excluding tert-OH is 1. The first-order valence-electron chi connectivity index (χ1n) is 20.7. The summed E-state index contributed by atoms with van der Waals surface area (Å²) >= 11 is 0. The molecule has 0 radical (unpaired) electrons. The molecular weight excluding hydrogens is 775 g/mol. The monoisotopic (exact) mass is 835 g/mol. The lowest BCUT2D eigenvalue weighted by molar-refractivity contribution is -0.130. The zero-order valence-electron chi connectivity index (χ0n) is 36.5. The van der Waals surface area contributed by atoms with Gasteiger partial charge < -0.3 is 40.7 Å². The fourth-order valence-corrected chi connectivity index (χ4v) is 7.80. The Bertz CT molecular complexity index is 2120. The second-order valence-electron chi connectivity index (χ2n) is 18.0. The highest BCUT2D eigenvalue weighted by molar-refractivity contribution is 5.89. The minimum atomic E-state index is -1.35. The number of rotatable bonds is 17. The number of urea groups is 1. The number of methoxy groups -OCH3 is 1. The van der Waals surface area contributed by atoms with Gasteiger partial charge in [-0.1, -0.05) is 108 Å². The molecule has 2 aromatic heterocycles. The molecule has 4 aromatic rings. The highest BCUT2D eigenvalue weighted by atomic mass is 16.5. The van der Waals surface area contributed by atoms with Gasteiger partial charge in [0, 0.05) is 36.5 Å². The largest absolute Gasteiger partial charge is 0.481 e. The first-order chi connectivity index (χ1) is 28.8. The molecule has 2 aromatic carbocycles. The van der Waals surface area contributed by atoms with Crippen LogP contribution in [0.2, 0.25) is 0 Å². The van der Waals surface area contributed by atoms with E-state index in [-0.39, 0.29) is 24.8 Å². The van der Waals surface area contributed by atoms with Gasteiger partial charge >= 0.3 is 12.1 Å². The molecule has 0 unspecified atom stereocenters. The van der Waals surface area contributed by atoms with Crippen LogP contribution in [0.3, 0.4) is 0 Å². The van der Waals surface area contributed by atoms with E-state index in [2.05, 4.69) is 25.9 Å². The van der Waals surface area contributed by atoms with Crippen LogP contribution in [-0.4, -0.2) is 104 Å². The van der Waals surface area contributed by atoms with E-state index < -0.39 is 53.1 Å². The molecule has 3 heterocycles. The van der Waals surface area contributed by atoms with E-state index in [1.54, 1.807) is 43.7 Å². The summed E-state index contributed by atoms with van der Waals surface area (Å²) in [6.07, 6.45) is -1.98. The third-order valence-corrected chi connectivity index (χ3v) is 10.8. The van der Waals surface area contributed by atoms with Gasteiger partial charge in [-0.2, -0.15) is 0 Å². The summed E-state index contributed by atoms with van der Waals surface area (Å²) in [7, 11) is 1.55. The number of aryl methyl sites for hydroxylation is 1. The van der Waals surface area contributed by atoms with E-state index in [4.69, 9.17) is 4.74 Å². The van der Waals surface area contributed by atoms with Crippen molar-refractivity contribution in [1.82, 2.24) is 35.7 Å². The van der Waals surface area contributed by atoms with E-state index >= 15 is 0 Å². The molecule has 5 atom stereocenters. The van der Waals surface area contributed by atoms with E-state index in [0.29, 0.717) is 37.6 Å². The average molecular weight is 836 g/mol. The van der Waals surface area contributed by atoms with Crippen molar-refractivity contribution < 1.29 is 34.1 Å². The molecular formula is C47H61N7O7. The summed E-state index contributed by atoms with van der Waals surface area (Å²) in [6.45, 7) is 14.1. The molecule has 1 aliphatic heterocycles. The maximum absolute atomic E-state index is 14.6. The molecule has 1 aliphatic rings. The van der Waals surface area contributed by atoms with Gasteiger partial charge in [0.05, 0.1) is 37.2 Å². The molecule has 1 saturated heterocycles. The van der Waals surface area contributed by atoms with Crippen molar-refractivity contribution >= 4 is 23.9 Å². The summed E-state index contributed by atoms with van der Waals surface area (Å²) < 4.78 is 5.30. The Balaban J connectivity index is 1.42. The van der Waals surface area contributed by atoms with Crippen molar-refractivity contribution in [2.45, 2.75) is 105 Å². The molecule has 61 heavy (non-hydrogen) atoms. The Morgan fingerprint density at radius 2 is 1.44 bits per heavy atom. The standard InChI is InChI=1S/C47H61N7O7/c1-30-14-12-17-34(48-30)29-53-24-25-54(45(53)60)41(47(5,6)7)43(57)49-35(26-31-15-10-9-11-16-31)28-38(55)37(51-42(56)40(46(2,3)4)52-44(58)59)27-32-20-22-33(23-21-32)36-18-13-19-39(50-36)61-8/h9-23,35,37-38,40-41,52,55H,24-29H2,1-8H3,(H,49,57)(H,51,56)(H,58,59)/t35-,37-,38-,40+,41+/m0/s1. The minimum absolute atomic E-state index is 0.0277. The second kappa shape index (κ2) is 20.0. The van der Waals surface area contributed by atoms with Gasteiger partial charge in [0.25, 0.3) is 0 Å². The number of carbonyl (C=O) groups excluding carboxylic acids is 3. The van der Waals surface area contributed by atoms with Gasteiger partial charge in [-0.05, 0) is 66.3 Å². The Morgan fingerprint density at radius 1 is 0.770 bits per heavy atom. The fourth-order valence-electron chi connectivity index (χ4n) is 7.80. The van der Waals surface area contributed by atoms with Gasteiger partial charge in [-0.3, -0.25) is 14.6 Å². The summed E-state index contributed by atoms with van der Waals surface area (Å²) in [4.78, 5) is 66.7. The number of pyridine rings is 2. The predicted octanol–water partition coefficient (Wildman–Crippen LogP) is 6.00. The molecule has 0 bridgehead atoms. The van der Waals surface area contributed by atoms with Crippen molar-refractivity contribution in [2.75, 3.05) is 20.2 Å². The van der Waals surface area contributed by atoms with Crippen LogP contribution in [0.4, 0.5) is 9.59 Å². The zero-order chi connectivity index (χ0) is 44.5. The molecule has 0 saturated carbocycles. The Hall–Kier alpha value is -6.02. The molecule has 14 nitrogen and oxygen atoms in total. The normalized spacial score (nSPS) is 15.7. The topological polar surface area (TPSA) is 186 Å². The van der Waals surface area contributed by atoms with Crippen LogP contribution in [0.1, 0.15) is 70.5 Å². The summed E-state index contributed by atoms with van der Waals surface area (Å²) in [6, 6.07) is 24.6. The van der Waals surface area contributed by atoms with E-state index in [1.165, 1.54) is 0 Å². The zero-order valence-corrected chi connectivity index (χ0v) is 36.5. The summed E-state index contributed by atoms with van der Waals surface area (Å²) in [5, 5.41) is 30.3. The molecule has 5 rings (SSSR count). The van der Waals surface area contributed by atoms with Crippen molar-refractivity contribution in [3.8, 4) is 17.1 Å².